The van der Waals surface area contributed by atoms with E-state index in [4.69, 9.17) is 4.74 Å². The molecule has 1 aliphatic heterocycles. The maximum atomic E-state index is 12.9. The van der Waals surface area contributed by atoms with Crippen LogP contribution in [0.5, 0.6) is 5.75 Å². The summed E-state index contributed by atoms with van der Waals surface area (Å²) in [6.45, 7) is 2.84. The van der Waals surface area contributed by atoms with Gasteiger partial charge in [0.2, 0.25) is 10.0 Å². The van der Waals surface area contributed by atoms with E-state index in [0.29, 0.717) is 37.4 Å². The molecule has 1 aromatic carbocycles. The molecule has 3 rings (SSSR count). The number of ether oxygens (including phenoxy) is 1. The van der Waals surface area contributed by atoms with Crippen molar-refractivity contribution < 1.29 is 13.2 Å². The maximum Gasteiger partial charge on any atom is 0.330 e. The Morgan fingerprint density at radius 2 is 1.79 bits per heavy atom. The molecule has 2 aromatic rings. The van der Waals surface area contributed by atoms with Crippen LogP contribution in [0, 0.1) is 6.92 Å². The van der Waals surface area contributed by atoms with E-state index in [1.165, 1.54) is 24.9 Å². The van der Waals surface area contributed by atoms with E-state index < -0.39 is 10.0 Å². The number of methoxy groups -OCH3 is 1. The lowest BCUT2D eigenvalue weighted by Crippen LogP contribution is -2.47. The molecule has 158 valence electrons. The van der Waals surface area contributed by atoms with Crippen LogP contribution in [-0.4, -0.2) is 43.8 Å². The van der Waals surface area contributed by atoms with Gasteiger partial charge in [0.15, 0.2) is 0 Å². The number of nitrogens with one attached hydrogen (secondary N) is 1. The van der Waals surface area contributed by atoms with Gasteiger partial charge in [0.25, 0.3) is 5.56 Å². The van der Waals surface area contributed by atoms with Crippen LogP contribution in [0.2, 0.25) is 0 Å². The predicted molar refractivity (Wildman–Crippen MR) is 110 cm³/mol. The topological polar surface area (TPSA) is 103 Å². The molecule has 2 heterocycles. The maximum absolute atomic E-state index is 12.9. The first-order chi connectivity index (χ1) is 13.6. The summed E-state index contributed by atoms with van der Waals surface area (Å²) in [6, 6.07) is 4.77. The second-order valence-corrected chi connectivity index (χ2v) is 8.99. The van der Waals surface area contributed by atoms with E-state index in [9.17, 15) is 18.0 Å². The molecule has 0 saturated carbocycles. The van der Waals surface area contributed by atoms with Crippen LogP contribution in [0.1, 0.15) is 18.4 Å². The summed E-state index contributed by atoms with van der Waals surface area (Å²) in [5.41, 5.74) is 0.535. The summed E-state index contributed by atoms with van der Waals surface area (Å²) in [7, 11) is 0.748. The highest BCUT2D eigenvalue weighted by atomic mass is 32.2. The Hall–Kier alpha value is -2.59. The Morgan fingerprint density at radius 1 is 1.14 bits per heavy atom. The number of aromatic nitrogens is 2. The molecule has 1 aromatic heterocycles. The molecule has 1 saturated heterocycles. The van der Waals surface area contributed by atoms with Crippen molar-refractivity contribution in [3.8, 4) is 5.75 Å². The van der Waals surface area contributed by atoms with Crippen LogP contribution in [0.25, 0.3) is 0 Å². The Kier molecular flexibility index (Phi) is 5.85. The summed E-state index contributed by atoms with van der Waals surface area (Å²) in [4.78, 5) is 26.3. The molecule has 10 heteroatoms. The molecule has 0 radical (unpaired) electrons. The minimum atomic E-state index is -3.74. The van der Waals surface area contributed by atoms with Gasteiger partial charge in [0.1, 0.15) is 16.3 Å². The van der Waals surface area contributed by atoms with E-state index in [0.717, 1.165) is 10.1 Å². The van der Waals surface area contributed by atoms with Crippen molar-refractivity contribution in [2.75, 3.05) is 25.1 Å². The van der Waals surface area contributed by atoms with Crippen LogP contribution in [0.15, 0.2) is 38.9 Å². The van der Waals surface area contributed by atoms with Crippen molar-refractivity contribution in [3.05, 3.63) is 50.8 Å². The SMILES string of the molecule is COc1ccc(C)cc1S(=O)(=O)NC1CCN(c2cn(C)c(=O)n(C)c2=O)CC1. The molecule has 1 fully saturated rings. The summed E-state index contributed by atoms with van der Waals surface area (Å²) in [5, 5.41) is 0. The van der Waals surface area contributed by atoms with E-state index in [-0.39, 0.29) is 22.2 Å². The number of hydrogen-bond acceptors (Lipinski definition) is 6. The number of piperidine rings is 1. The van der Waals surface area contributed by atoms with Crippen molar-refractivity contribution in [1.82, 2.24) is 13.9 Å². The number of nitrogens with zero attached hydrogens (tertiary/aromatic N) is 3. The first kappa shape index (κ1) is 21.1. The third kappa shape index (κ3) is 4.23. The average Bonchev–Trinajstić information content (AvgIpc) is 2.69. The Bertz CT molecular complexity index is 1130. The van der Waals surface area contributed by atoms with Crippen molar-refractivity contribution in [2.45, 2.75) is 30.7 Å². The van der Waals surface area contributed by atoms with Crippen LogP contribution in [-0.2, 0) is 24.1 Å². The van der Waals surface area contributed by atoms with Gasteiger partial charge < -0.3 is 14.2 Å². The Labute approximate surface area is 169 Å². The average molecular weight is 423 g/mol. The zero-order valence-electron chi connectivity index (χ0n) is 17.0. The molecule has 1 aliphatic rings. The van der Waals surface area contributed by atoms with Gasteiger partial charge in [-0.05, 0) is 37.5 Å². The molecule has 0 spiro atoms. The number of aryl methyl sites for hydroxylation is 2. The first-order valence-electron chi connectivity index (χ1n) is 9.32. The quantitative estimate of drug-likeness (QED) is 0.746. The second kappa shape index (κ2) is 8.03. The number of benzene rings is 1. The summed E-state index contributed by atoms with van der Waals surface area (Å²) < 4.78 is 36.1. The van der Waals surface area contributed by atoms with Gasteiger partial charge in [-0.15, -0.1) is 0 Å². The highest BCUT2D eigenvalue weighted by Gasteiger charge is 2.28. The largest absolute Gasteiger partial charge is 0.495 e. The van der Waals surface area contributed by atoms with Crippen molar-refractivity contribution >= 4 is 15.7 Å². The molecule has 9 nitrogen and oxygen atoms in total. The molecule has 0 bridgehead atoms. The standard InChI is InChI=1S/C19H26N4O5S/c1-13-5-6-16(28-4)17(11-13)29(26,27)20-14-7-9-23(10-8-14)15-12-21(2)19(25)22(3)18(15)24/h5-6,11-12,14,20H,7-10H2,1-4H3. The molecule has 29 heavy (non-hydrogen) atoms. The zero-order chi connectivity index (χ0) is 21.3. The van der Waals surface area contributed by atoms with Crippen LogP contribution >= 0.6 is 0 Å². The zero-order valence-corrected chi connectivity index (χ0v) is 17.8. The normalized spacial score (nSPS) is 15.5. The monoisotopic (exact) mass is 422 g/mol. The lowest BCUT2D eigenvalue weighted by Gasteiger charge is -2.33. The van der Waals surface area contributed by atoms with Crippen LogP contribution in [0.3, 0.4) is 0 Å². The summed E-state index contributed by atoms with van der Waals surface area (Å²) >= 11 is 0. The van der Waals surface area contributed by atoms with Gasteiger partial charge >= 0.3 is 5.69 Å². The van der Waals surface area contributed by atoms with Gasteiger partial charge in [-0.3, -0.25) is 9.36 Å². The fraction of sp³-hybridized carbons (Fsp3) is 0.474. The van der Waals surface area contributed by atoms with Crippen LogP contribution < -0.4 is 25.6 Å². The fourth-order valence-corrected chi connectivity index (χ4v) is 5.08. The van der Waals surface area contributed by atoms with E-state index in [1.807, 2.05) is 11.8 Å². The van der Waals surface area contributed by atoms with Gasteiger partial charge in [0.05, 0.1) is 7.11 Å². The molecular formula is C19H26N4O5S. The lowest BCUT2D eigenvalue weighted by atomic mass is 10.1. The highest BCUT2D eigenvalue weighted by molar-refractivity contribution is 7.89. The predicted octanol–water partition coefficient (Wildman–Crippen LogP) is 0.348. The third-order valence-electron chi connectivity index (χ3n) is 5.19. The number of anilines is 1. The van der Waals surface area contributed by atoms with Gasteiger partial charge in [-0.2, -0.15) is 0 Å². The fourth-order valence-electron chi connectivity index (χ4n) is 3.52. The van der Waals surface area contributed by atoms with E-state index >= 15 is 0 Å². The number of rotatable bonds is 5. The van der Waals surface area contributed by atoms with Gasteiger partial charge in [-0.25, -0.2) is 17.9 Å². The van der Waals surface area contributed by atoms with Gasteiger partial charge in [-0.1, -0.05) is 6.07 Å². The summed E-state index contributed by atoms with van der Waals surface area (Å²) in [5.74, 6) is 0.300. The van der Waals surface area contributed by atoms with Crippen molar-refractivity contribution in [1.29, 1.82) is 0 Å². The minimum absolute atomic E-state index is 0.120. The first-order valence-corrected chi connectivity index (χ1v) is 10.8. The molecule has 0 amide bonds. The van der Waals surface area contributed by atoms with Crippen molar-refractivity contribution in [3.63, 3.8) is 0 Å². The third-order valence-corrected chi connectivity index (χ3v) is 6.74. The molecule has 0 unspecified atom stereocenters. The Balaban J connectivity index is 1.75. The van der Waals surface area contributed by atoms with E-state index in [2.05, 4.69) is 4.72 Å². The number of sulfonamides is 1. The highest BCUT2D eigenvalue weighted by Crippen LogP contribution is 2.26. The van der Waals surface area contributed by atoms with Crippen molar-refractivity contribution in [2.24, 2.45) is 14.1 Å². The van der Waals surface area contributed by atoms with Crippen LogP contribution in [0.4, 0.5) is 5.69 Å². The summed E-state index contributed by atoms with van der Waals surface area (Å²) in [6.07, 6.45) is 2.62. The van der Waals surface area contributed by atoms with E-state index in [1.54, 1.807) is 25.2 Å². The lowest BCUT2D eigenvalue weighted by molar-refractivity contribution is 0.400. The second-order valence-electron chi connectivity index (χ2n) is 7.31. The molecule has 0 aliphatic carbocycles. The Morgan fingerprint density at radius 3 is 2.41 bits per heavy atom. The molecule has 1 N–H and O–H groups in total. The van der Waals surface area contributed by atoms with Gasteiger partial charge in [0, 0.05) is 39.4 Å². The smallest absolute Gasteiger partial charge is 0.330 e. The molecular weight excluding hydrogens is 396 g/mol. The number of hydrogen-bond donors (Lipinski definition) is 1. The minimum Gasteiger partial charge on any atom is -0.495 e. The molecule has 0 atom stereocenters.